The Kier molecular flexibility index (Phi) is 4.61. The van der Waals surface area contributed by atoms with Crippen molar-refractivity contribution in [1.82, 2.24) is 29.7 Å². The summed E-state index contributed by atoms with van der Waals surface area (Å²) in [6.07, 6.45) is 8.65. The van der Waals surface area contributed by atoms with Gasteiger partial charge in [-0.3, -0.25) is 0 Å². The molecule has 9 nitrogen and oxygen atoms in total. The Morgan fingerprint density at radius 2 is 2.00 bits per heavy atom. The van der Waals surface area contributed by atoms with Gasteiger partial charge in [-0.15, -0.1) is 0 Å². The van der Waals surface area contributed by atoms with E-state index in [1.54, 1.807) is 7.05 Å². The molecule has 1 fully saturated rings. The molecule has 0 aromatic carbocycles. The van der Waals surface area contributed by atoms with E-state index in [4.69, 9.17) is 0 Å². The maximum Gasteiger partial charge on any atom is 0.258 e. The molecule has 1 aliphatic carbocycles. The van der Waals surface area contributed by atoms with Crippen molar-refractivity contribution in [2.45, 2.75) is 38.1 Å². The summed E-state index contributed by atoms with van der Waals surface area (Å²) in [4.78, 5) is 16.8. The molecule has 120 valence electrons. The summed E-state index contributed by atoms with van der Waals surface area (Å²) in [6, 6.07) is 2.05. The Balaban J connectivity index is 1.83. The van der Waals surface area contributed by atoms with Crippen molar-refractivity contribution in [3.8, 4) is 12.0 Å². The molecule has 23 heavy (non-hydrogen) atoms. The first-order valence-corrected chi connectivity index (χ1v) is 7.75. The highest BCUT2D eigenvalue weighted by Crippen LogP contribution is 2.27. The lowest BCUT2D eigenvalue weighted by Gasteiger charge is -2.26. The van der Waals surface area contributed by atoms with E-state index in [-0.39, 0.29) is 6.04 Å². The van der Waals surface area contributed by atoms with Crippen molar-refractivity contribution >= 4 is 11.9 Å². The summed E-state index contributed by atoms with van der Waals surface area (Å²) >= 11 is 0. The van der Waals surface area contributed by atoms with Gasteiger partial charge >= 0.3 is 0 Å². The van der Waals surface area contributed by atoms with Gasteiger partial charge in [0.05, 0.1) is 6.07 Å². The van der Waals surface area contributed by atoms with Crippen LogP contribution in [0.4, 0.5) is 11.9 Å². The van der Waals surface area contributed by atoms with Crippen LogP contribution in [0.2, 0.25) is 0 Å². The predicted molar refractivity (Wildman–Crippen MR) is 83.9 cm³/mol. The predicted octanol–water partition coefficient (Wildman–Crippen LogP) is 1.38. The van der Waals surface area contributed by atoms with Crippen LogP contribution in [-0.2, 0) is 0 Å². The summed E-state index contributed by atoms with van der Waals surface area (Å²) in [5.41, 5.74) is 0. The molecule has 2 aromatic rings. The monoisotopic (exact) mass is 313 g/mol. The largest absolute Gasteiger partial charge is 0.357 e. The van der Waals surface area contributed by atoms with Crippen LogP contribution in [0.5, 0.6) is 0 Å². The second kappa shape index (κ2) is 7.00. The molecule has 0 amide bonds. The lowest BCUT2D eigenvalue weighted by molar-refractivity contribution is 0.345. The number of hydrogen-bond donors (Lipinski definition) is 2. The fourth-order valence-corrected chi connectivity index (χ4v) is 2.82. The average molecular weight is 313 g/mol. The SMILES string of the molecule is CNc1nc(NC(C#N)C2CCCCC2)nc(-n2cncn2)n1. The minimum Gasteiger partial charge on any atom is -0.357 e. The van der Waals surface area contributed by atoms with E-state index < -0.39 is 0 Å². The van der Waals surface area contributed by atoms with Crippen molar-refractivity contribution in [1.29, 1.82) is 5.26 Å². The molecule has 9 heteroatoms. The molecule has 2 aromatic heterocycles. The molecule has 0 radical (unpaired) electrons. The highest BCUT2D eigenvalue weighted by atomic mass is 15.4. The van der Waals surface area contributed by atoms with Gasteiger partial charge in [0.15, 0.2) is 0 Å². The molecular weight excluding hydrogens is 294 g/mol. The molecule has 0 saturated heterocycles. The van der Waals surface area contributed by atoms with Crippen LogP contribution < -0.4 is 10.6 Å². The first-order chi connectivity index (χ1) is 11.3. The summed E-state index contributed by atoms with van der Waals surface area (Å²) in [6.45, 7) is 0. The second-order valence-electron chi connectivity index (χ2n) is 5.52. The van der Waals surface area contributed by atoms with Crippen molar-refractivity contribution < 1.29 is 0 Å². The Labute approximate surface area is 134 Å². The quantitative estimate of drug-likeness (QED) is 0.850. The summed E-state index contributed by atoms with van der Waals surface area (Å²) in [7, 11) is 1.73. The summed E-state index contributed by atoms with van der Waals surface area (Å²) < 4.78 is 1.45. The zero-order valence-corrected chi connectivity index (χ0v) is 13.0. The molecule has 0 bridgehead atoms. The lowest BCUT2D eigenvalue weighted by atomic mass is 9.84. The molecule has 1 saturated carbocycles. The number of nitrogens with one attached hydrogen (secondary N) is 2. The molecule has 0 aliphatic heterocycles. The van der Waals surface area contributed by atoms with Crippen LogP contribution in [0.25, 0.3) is 5.95 Å². The van der Waals surface area contributed by atoms with E-state index in [1.165, 1.54) is 36.6 Å². The highest BCUT2D eigenvalue weighted by molar-refractivity contribution is 5.39. The van der Waals surface area contributed by atoms with Crippen molar-refractivity contribution in [2.75, 3.05) is 17.7 Å². The molecule has 1 aliphatic rings. The number of nitrogens with zero attached hydrogens (tertiary/aromatic N) is 7. The second-order valence-corrected chi connectivity index (χ2v) is 5.52. The van der Waals surface area contributed by atoms with E-state index in [0.29, 0.717) is 23.8 Å². The number of nitriles is 1. The Morgan fingerprint density at radius 1 is 1.22 bits per heavy atom. The van der Waals surface area contributed by atoms with Gasteiger partial charge in [-0.1, -0.05) is 19.3 Å². The smallest absolute Gasteiger partial charge is 0.258 e. The zero-order chi connectivity index (χ0) is 16.1. The summed E-state index contributed by atoms with van der Waals surface area (Å²) in [5, 5.41) is 19.6. The van der Waals surface area contributed by atoms with E-state index in [2.05, 4.69) is 41.7 Å². The molecule has 2 N–H and O–H groups in total. The van der Waals surface area contributed by atoms with Gasteiger partial charge in [-0.2, -0.15) is 30.0 Å². The number of anilines is 2. The van der Waals surface area contributed by atoms with E-state index in [9.17, 15) is 5.26 Å². The van der Waals surface area contributed by atoms with E-state index in [1.807, 2.05) is 0 Å². The third-order valence-corrected chi connectivity index (χ3v) is 4.02. The maximum atomic E-state index is 9.49. The van der Waals surface area contributed by atoms with Gasteiger partial charge in [0.2, 0.25) is 11.9 Å². The fourth-order valence-electron chi connectivity index (χ4n) is 2.82. The molecule has 1 unspecified atom stereocenters. The van der Waals surface area contributed by atoms with Gasteiger partial charge in [-0.05, 0) is 18.8 Å². The highest BCUT2D eigenvalue weighted by Gasteiger charge is 2.24. The van der Waals surface area contributed by atoms with Crippen molar-refractivity contribution in [2.24, 2.45) is 5.92 Å². The Bertz CT molecular complexity index is 670. The number of hydrogen-bond acceptors (Lipinski definition) is 8. The normalized spacial score (nSPS) is 16.5. The van der Waals surface area contributed by atoms with E-state index in [0.717, 1.165) is 12.8 Å². The van der Waals surface area contributed by atoms with Gasteiger partial charge in [0.1, 0.15) is 18.7 Å². The maximum absolute atomic E-state index is 9.49. The lowest BCUT2D eigenvalue weighted by Crippen LogP contribution is -2.30. The zero-order valence-electron chi connectivity index (χ0n) is 13.0. The van der Waals surface area contributed by atoms with Gasteiger partial charge in [0, 0.05) is 7.05 Å². The van der Waals surface area contributed by atoms with Crippen LogP contribution in [-0.4, -0.2) is 42.8 Å². The van der Waals surface area contributed by atoms with Crippen LogP contribution >= 0.6 is 0 Å². The minimum absolute atomic E-state index is 0.300. The van der Waals surface area contributed by atoms with Crippen LogP contribution in [0.3, 0.4) is 0 Å². The fraction of sp³-hybridized carbons (Fsp3) is 0.571. The van der Waals surface area contributed by atoms with Gasteiger partial charge in [0.25, 0.3) is 5.95 Å². The molecule has 2 heterocycles. The van der Waals surface area contributed by atoms with Gasteiger partial charge in [-0.25, -0.2) is 4.98 Å². The first kappa shape index (κ1) is 15.1. The Hall–Kier alpha value is -2.76. The summed E-state index contributed by atoms with van der Waals surface area (Å²) in [5.74, 6) is 1.46. The van der Waals surface area contributed by atoms with Crippen LogP contribution in [0, 0.1) is 17.2 Å². The van der Waals surface area contributed by atoms with Crippen molar-refractivity contribution in [3.05, 3.63) is 12.7 Å². The van der Waals surface area contributed by atoms with Gasteiger partial charge < -0.3 is 10.6 Å². The van der Waals surface area contributed by atoms with Crippen LogP contribution in [0.1, 0.15) is 32.1 Å². The minimum atomic E-state index is -0.300. The Morgan fingerprint density at radius 3 is 2.65 bits per heavy atom. The topological polar surface area (TPSA) is 117 Å². The molecule has 3 rings (SSSR count). The number of rotatable bonds is 5. The third-order valence-electron chi connectivity index (χ3n) is 4.02. The molecule has 0 spiro atoms. The van der Waals surface area contributed by atoms with Crippen LogP contribution in [0.15, 0.2) is 12.7 Å². The third kappa shape index (κ3) is 3.53. The first-order valence-electron chi connectivity index (χ1n) is 7.75. The van der Waals surface area contributed by atoms with E-state index >= 15 is 0 Å². The van der Waals surface area contributed by atoms with Crippen molar-refractivity contribution in [3.63, 3.8) is 0 Å². The number of aromatic nitrogens is 6. The molecule has 1 atom stereocenters. The molecular formula is C14H19N9. The standard InChI is InChI=1S/C14H19N9/c1-16-12-20-13(22-14(21-12)23-9-17-8-18-23)19-11(7-15)10-5-3-2-4-6-10/h8-11H,2-6H2,1H3,(H2,16,19,20,21,22). The average Bonchev–Trinajstić information content (AvgIpc) is 3.15.